The van der Waals surface area contributed by atoms with Crippen LogP contribution in [0.2, 0.25) is 0 Å². The van der Waals surface area contributed by atoms with E-state index in [2.05, 4.69) is 21.3 Å². The summed E-state index contributed by atoms with van der Waals surface area (Å²) >= 11 is 0. The number of rotatable bonds is 5. The molecule has 3 rings (SSSR count). The predicted molar refractivity (Wildman–Crippen MR) is 95.8 cm³/mol. The number of carbonyl (C=O) groups excluding carboxylic acids is 1. The molecule has 1 aromatic carbocycles. The molecule has 1 N–H and O–H groups in total. The number of amides is 1. The number of likely N-dealkylation sites (tertiary alicyclic amines) is 1. The Kier molecular flexibility index (Phi) is 5.42. The Balaban J connectivity index is 1.49. The van der Waals surface area contributed by atoms with Crippen molar-refractivity contribution in [3.8, 4) is 6.07 Å². The molecule has 0 bridgehead atoms. The first kappa shape index (κ1) is 17.1. The molecule has 0 unspecified atom stereocenters. The Hall–Kier alpha value is -2.71. The van der Waals surface area contributed by atoms with E-state index in [1.807, 2.05) is 37.3 Å². The fraction of sp³-hybridized carbons (Fsp3) is 0.350. The fourth-order valence-corrected chi connectivity index (χ4v) is 3.17. The van der Waals surface area contributed by atoms with Gasteiger partial charge in [-0.2, -0.15) is 5.26 Å². The highest BCUT2D eigenvalue weighted by Gasteiger charge is 2.23. The number of aryl methyl sites for hydroxylation is 1. The van der Waals surface area contributed by atoms with E-state index in [0.717, 1.165) is 42.9 Å². The number of benzene rings is 1. The van der Waals surface area contributed by atoms with E-state index in [1.54, 1.807) is 12.3 Å². The second-order valence-corrected chi connectivity index (χ2v) is 6.56. The minimum Gasteiger partial charge on any atom is -0.352 e. The summed E-state index contributed by atoms with van der Waals surface area (Å²) in [5.41, 5.74) is 3.32. The molecule has 5 nitrogen and oxygen atoms in total. The Labute approximate surface area is 148 Å². The highest BCUT2D eigenvalue weighted by atomic mass is 16.1. The Morgan fingerprint density at radius 1 is 1.36 bits per heavy atom. The minimum atomic E-state index is -0.0687. The SMILES string of the molecule is Cc1ccc(C(=O)NC[C@H]2CCN(Cc3ccccc3C#N)C2)cn1. The average molecular weight is 334 g/mol. The van der Waals surface area contributed by atoms with Crippen molar-refractivity contribution in [1.82, 2.24) is 15.2 Å². The first-order valence-electron chi connectivity index (χ1n) is 8.57. The van der Waals surface area contributed by atoms with E-state index in [-0.39, 0.29) is 5.91 Å². The number of aromatic nitrogens is 1. The van der Waals surface area contributed by atoms with Crippen molar-refractivity contribution in [3.63, 3.8) is 0 Å². The zero-order valence-electron chi connectivity index (χ0n) is 14.4. The molecule has 128 valence electrons. The molecule has 1 aliphatic rings. The molecule has 1 fully saturated rings. The average Bonchev–Trinajstić information content (AvgIpc) is 3.08. The third kappa shape index (κ3) is 4.43. The van der Waals surface area contributed by atoms with Crippen molar-refractivity contribution in [2.45, 2.75) is 19.9 Å². The largest absolute Gasteiger partial charge is 0.352 e. The molecule has 2 heterocycles. The molecule has 0 spiro atoms. The van der Waals surface area contributed by atoms with Crippen LogP contribution in [0.15, 0.2) is 42.6 Å². The maximum Gasteiger partial charge on any atom is 0.252 e. The molecular formula is C20H22N4O. The van der Waals surface area contributed by atoms with E-state index in [4.69, 9.17) is 0 Å². The van der Waals surface area contributed by atoms with Crippen LogP contribution in [0.1, 0.15) is 33.6 Å². The second kappa shape index (κ2) is 7.91. The number of pyridine rings is 1. The van der Waals surface area contributed by atoms with Gasteiger partial charge in [-0.05, 0) is 49.6 Å². The zero-order valence-corrected chi connectivity index (χ0v) is 14.4. The summed E-state index contributed by atoms with van der Waals surface area (Å²) in [4.78, 5) is 18.7. The molecule has 1 atom stereocenters. The van der Waals surface area contributed by atoms with Gasteiger partial charge in [0.25, 0.3) is 5.91 Å². The van der Waals surface area contributed by atoms with Crippen LogP contribution < -0.4 is 5.32 Å². The van der Waals surface area contributed by atoms with Gasteiger partial charge in [0.1, 0.15) is 0 Å². The van der Waals surface area contributed by atoms with Gasteiger partial charge in [0.2, 0.25) is 0 Å². The summed E-state index contributed by atoms with van der Waals surface area (Å²) in [6.07, 6.45) is 2.67. The lowest BCUT2D eigenvalue weighted by atomic mass is 10.1. The molecular weight excluding hydrogens is 312 g/mol. The van der Waals surface area contributed by atoms with Crippen LogP contribution >= 0.6 is 0 Å². The highest BCUT2D eigenvalue weighted by molar-refractivity contribution is 5.93. The minimum absolute atomic E-state index is 0.0687. The number of nitrogens with one attached hydrogen (secondary N) is 1. The topological polar surface area (TPSA) is 69.0 Å². The number of nitrogens with zero attached hydrogens (tertiary/aromatic N) is 3. The Bertz CT molecular complexity index is 779. The molecule has 1 saturated heterocycles. The summed E-state index contributed by atoms with van der Waals surface area (Å²) in [7, 11) is 0. The van der Waals surface area contributed by atoms with Crippen LogP contribution in [0.25, 0.3) is 0 Å². The van der Waals surface area contributed by atoms with Crippen LogP contribution in [0.3, 0.4) is 0 Å². The third-order valence-corrected chi connectivity index (χ3v) is 4.63. The fourth-order valence-electron chi connectivity index (χ4n) is 3.17. The molecule has 0 radical (unpaired) electrons. The van der Waals surface area contributed by atoms with Gasteiger partial charge >= 0.3 is 0 Å². The molecule has 25 heavy (non-hydrogen) atoms. The summed E-state index contributed by atoms with van der Waals surface area (Å²) in [5.74, 6) is 0.373. The summed E-state index contributed by atoms with van der Waals surface area (Å²) in [6.45, 7) is 5.29. The summed E-state index contributed by atoms with van der Waals surface area (Å²) in [6, 6.07) is 13.6. The monoisotopic (exact) mass is 334 g/mol. The molecule has 1 aromatic heterocycles. The van der Waals surface area contributed by atoms with E-state index >= 15 is 0 Å². The van der Waals surface area contributed by atoms with Gasteiger partial charge in [-0.3, -0.25) is 14.7 Å². The molecule has 0 aliphatic carbocycles. The van der Waals surface area contributed by atoms with Crippen LogP contribution in [0, 0.1) is 24.2 Å². The van der Waals surface area contributed by atoms with Gasteiger partial charge in [0.15, 0.2) is 0 Å². The molecule has 2 aromatic rings. The van der Waals surface area contributed by atoms with Crippen LogP contribution in [-0.4, -0.2) is 35.4 Å². The maximum absolute atomic E-state index is 12.2. The van der Waals surface area contributed by atoms with Crippen molar-refractivity contribution in [1.29, 1.82) is 5.26 Å². The Morgan fingerprint density at radius 2 is 2.20 bits per heavy atom. The smallest absolute Gasteiger partial charge is 0.252 e. The van der Waals surface area contributed by atoms with Gasteiger partial charge in [0, 0.05) is 31.5 Å². The lowest BCUT2D eigenvalue weighted by Gasteiger charge is -2.17. The first-order valence-corrected chi connectivity index (χ1v) is 8.57. The van der Waals surface area contributed by atoms with Crippen LogP contribution in [-0.2, 0) is 6.54 Å². The summed E-state index contributed by atoms with van der Waals surface area (Å²) < 4.78 is 0. The second-order valence-electron chi connectivity index (χ2n) is 6.56. The first-order chi connectivity index (χ1) is 12.2. The van der Waals surface area contributed by atoms with Crippen molar-refractivity contribution in [3.05, 3.63) is 65.0 Å². The van der Waals surface area contributed by atoms with Crippen LogP contribution in [0.5, 0.6) is 0 Å². The van der Waals surface area contributed by atoms with Crippen molar-refractivity contribution < 1.29 is 4.79 Å². The van der Waals surface area contributed by atoms with Gasteiger partial charge in [0.05, 0.1) is 17.2 Å². The van der Waals surface area contributed by atoms with Gasteiger partial charge in [-0.1, -0.05) is 18.2 Å². The van der Waals surface area contributed by atoms with E-state index in [9.17, 15) is 10.1 Å². The normalized spacial score (nSPS) is 17.2. The standard InChI is InChI=1S/C20H22N4O/c1-15-6-7-18(12-22-15)20(25)23-11-16-8-9-24(13-16)14-19-5-3-2-4-17(19)10-21/h2-7,12,16H,8-9,11,13-14H2,1H3,(H,23,25)/t16-/m1/s1. The third-order valence-electron chi connectivity index (χ3n) is 4.63. The van der Waals surface area contributed by atoms with E-state index in [1.165, 1.54) is 0 Å². The highest BCUT2D eigenvalue weighted by Crippen LogP contribution is 2.19. The Morgan fingerprint density at radius 3 is 2.96 bits per heavy atom. The van der Waals surface area contributed by atoms with Crippen molar-refractivity contribution in [2.75, 3.05) is 19.6 Å². The van der Waals surface area contributed by atoms with Gasteiger partial charge in [-0.15, -0.1) is 0 Å². The lowest BCUT2D eigenvalue weighted by molar-refractivity contribution is 0.0947. The number of nitriles is 1. The summed E-state index contributed by atoms with van der Waals surface area (Å²) in [5, 5.41) is 12.2. The van der Waals surface area contributed by atoms with E-state index in [0.29, 0.717) is 18.0 Å². The number of hydrogen-bond acceptors (Lipinski definition) is 4. The molecule has 5 heteroatoms. The molecule has 0 saturated carbocycles. The zero-order chi connectivity index (χ0) is 17.6. The van der Waals surface area contributed by atoms with Gasteiger partial charge in [-0.25, -0.2) is 0 Å². The van der Waals surface area contributed by atoms with E-state index < -0.39 is 0 Å². The van der Waals surface area contributed by atoms with Crippen LogP contribution in [0.4, 0.5) is 0 Å². The lowest BCUT2D eigenvalue weighted by Crippen LogP contribution is -2.31. The molecule has 1 aliphatic heterocycles. The maximum atomic E-state index is 12.2. The van der Waals surface area contributed by atoms with Gasteiger partial charge < -0.3 is 5.32 Å². The van der Waals surface area contributed by atoms with Crippen molar-refractivity contribution in [2.24, 2.45) is 5.92 Å². The molecule has 1 amide bonds. The number of carbonyl (C=O) groups is 1. The van der Waals surface area contributed by atoms with Crippen molar-refractivity contribution >= 4 is 5.91 Å². The predicted octanol–water partition coefficient (Wildman–Crippen LogP) is 2.51. The quantitative estimate of drug-likeness (QED) is 0.912. The number of hydrogen-bond donors (Lipinski definition) is 1.